The zero-order valence-corrected chi connectivity index (χ0v) is 22.0. The molecule has 0 saturated heterocycles. The number of carbonyl (C=O) groups excluding carboxylic acids is 3. The highest BCUT2D eigenvalue weighted by Crippen LogP contribution is 2.30. The Bertz CT molecular complexity index is 1090. The summed E-state index contributed by atoms with van der Waals surface area (Å²) in [6, 6.07) is 12.9. The molecule has 4 N–H and O–H groups in total. The van der Waals surface area contributed by atoms with E-state index in [4.69, 9.17) is 4.74 Å². The van der Waals surface area contributed by atoms with Gasteiger partial charge in [0.05, 0.1) is 24.8 Å². The Morgan fingerprint density at radius 1 is 1.11 bits per heavy atom. The summed E-state index contributed by atoms with van der Waals surface area (Å²) in [5, 5.41) is 18.2. The molecule has 1 heterocycles. The summed E-state index contributed by atoms with van der Waals surface area (Å²) in [6.07, 6.45) is -0.435. The van der Waals surface area contributed by atoms with Crippen LogP contribution in [0, 0.1) is 5.92 Å². The average molecular weight is 512 g/mol. The highest BCUT2D eigenvalue weighted by molar-refractivity contribution is 5.99. The monoisotopic (exact) mass is 511 g/mol. The van der Waals surface area contributed by atoms with Gasteiger partial charge >= 0.3 is 12.1 Å². The van der Waals surface area contributed by atoms with Gasteiger partial charge in [0.1, 0.15) is 11.9 Å². The summed E-state index contributed by atoms with van der Waals surface area (Å²) in [7, 11) is 1.69. The molecule has 3 atom stereocenters. The van der Waals surface area contributed by atoms with Gasteiger partial charge < -0.3 is 35.6 Å². The number of ether oxygens (including phenoxy) is 1. The number of nitrogens with one attached hydrogen (secondary N) is 3. The predicted molar refractivity (Wildman–Crippen MR) is 143 cm³/mol. The molecule has 5 amide bonds. The summed E-state index contributed by atoms with van der Waals surface area (Å²) < 4.78 is 6.32. The Balaban J connectivity index is 1.86. The second-order valence-electron chi connectivity index (χ2n) is 9.76. The zero-order valence-electron chi connectivity index (χ0n) is 22.0. The van der Waals surface area contributed by atoms with Crippen molar-refractivity contribution in [2.75, 3.05) is 37.4 Å². The molecule has 3 rings (SSSR count). The van der Waals surface area contributed by atoms with E-state index >= 15 is 0 Å². The van der Waals surface area contributed by atoms with Crippen molar-refractivity contribution in [3.63, 3.8) is 0 Å². The lowest BCUT2D eigenvalue weighted by atomic mass is 9.99. The lowest BCUT2D eigenvalue weighted by Gasteiger charge is -2.38. The van der Waals surface area contributed by atoms with Gasteiger partial charge in [-0.25, -0.2) is 9.59 Å². The van der Waals surface area contributed by atoms with Crippen LogP contribution in [0.15, 0.2) is 48.5 Å². The van der Waals surface area contributed by atoms with Gasteiger partial charge in [0.25, 0.3) is 5.91 Å². The third-order valence-corrected chi connectivity index (χ3v) is 6.17. The van der Waals surface area contributed by atoms with Gasteiger partial charge in [-0.15, -0.1) is 0 Å². The molecule has 10 nitrogen and oxygen atoms in total. The number of hydrogen-bond donors (Lipinski definition) is 4. The molecule has 0 aliphatic carbocycles. The smallest absolute Gasteiger partial charge is 0.321 e. The fraction of sp³-hybridized carbons (Fsp3) is 0.444. The van der Waals surface area contributed by atoms with E-state index < -0.39 is 12.1 Å². The van der Waals surface area contributed by atoms with Gasteiger partial charge in [-0.1, -0.05) is 25.1 Å². The number of fused-ring (bicyclic) bond motifs is 1. The van der Waals surface area contributed by atoms with Crippen LogP contribution in [-0.4, -0.2) is 77.8 Å². The third kappa shape index (κ3) is 7.36. The number of urea groups is 2. The first kappa shape index (κ1) is 27.8. The average Bonchev–Trinajstić information content (AvgIpc) is 2.86. The Hall–Kier alpha value is -3.79. The van der Waals surface area contributed by atoms with Crippen LogP contribution in [0.1, 0.15) is 38.1 Å². The molecule has 200 valence electrons. The Morgan fingerprint density at radius 2 is 1.81 bits per heavy atom. The summed E-state index contributed by atoms with van der Waals surface area (Å²) in [5.41, 5.74) is 1.40. The number of amides is 5. The maximum Gasteiger partial charge on any atom is 0.321 e. The standard InChI is InChI=1S/C27H37N5O5/c1-17(2)28-26(35)29-21-11-12-23-22(13-21)25(34)32(19(4)16-33)14-18(3)24(37-23)15-31(5)27(36)30-20-9-7-6-8-10-20/h6-13,17-19,24,33H,14-16H2,1-5H3,(H,30,36)(H2,28,29,35)/t18-,19+,24+/m1/s1. The molecule has 0 fully saturated rings. The van der Waals surface area contributed by atoms with Crippen LogP contribution in [0.2, 0.25) is 0 Å². The van der Waals surface area contributed by atoms with E-state index in [0.717, 1.165) is 0 Å². The molecular weight excluding hydrogens is 474 g/mol. The first-order valence-corrected chi connectivity index (χ1v) is 12.5. The minimum atomic E-state index is -0.435. The van der Waals surface area contributed by atoms with Gasteiger partial charge in [-0.2, -0.15) is 0 Å². The number of anilines is 2. The van der Waals surface area contributed by atoms with Crippen molar-refractivity contribution in [2.45, 2.75) is 45.9 Å². The summed E-state index contributed by atoms with van der Waals surface area (Å²) in [4.78, 5) is 41.7. The summed E-state index contributed by atoms with van der Waals surface area (Å²) >= 11 is 0. The van der Waals surface area contributed by atoms with Crippen LogP contribution in [0.25, 0.3) is 0 Å². The van der Waals surface area contributed by atoms with Gasteiger partial charge in [0, 0.05) is 36.9 Å². The molecule has 10 heteroatoms. The van der Waals surface area contributed by atoms with Crippen molar-refractivity contribution in [1.29, 1.82) is 0 Å². The third-order valence-electron chi connectivity index (χ3n) is 6.17. The number of para-hydroxylation sites is 1. The summed E-state index contributed by atoms with van der Waals surface area (Å²) in [6.45, 7) is 7.83. The van der Waals surface area contributed by atoms with Crippen molar-refractivity contribution >= 4 is 29.3 Å². The second kappa shape index (κ2) is 12.4. The molecule has 37 heavy (non-hydrogen) atoms. The highest BCUT2D eigenvalue weighted by atomic mass is 16.5. The van der Waals surface area contributed by atoms with Crippen LogP contribution >= 0.6 is 0 Å². The fourth-order valence-electron chi connectivity index (χ4n) is 4.04. The number of aliphatic hydroxyl groups is 1. The van der Waals surface area contributed by atoms with E-state index in [1.54, 1.807) is 42.0 Å². The molecular formula is C27H37N5O5. The Kier molecular flexibility index (Phi) is 9.35. The van der Waals surface area contributed by atoms with E-state index in [1.807, 2.05) is 51.1 Å². The number of carbonyl (C=O) groups is 3. The Morgan fingerprint density at radius 3 is 2.46 bits per heavy atom. The predicted octanol–water partition coefficient (Wildman–Crippen LogP) is 3.60. The first-order chi connectivity index (χ1) is 17.6. The quantitative estimate of drug-likeness (QED) is 0.452. The van der Waals surface area contributed by atoms with Gasteiger partial charge in [-0.3, -0.25) is 4.79 Å². The second-order valence-corrected chi connectivity index (χ2v) is 9.76. The van der Waals surface area contributed by atoms with Gasteiger partial charge in [-0.05, 0) is 51.1 Å². The minimum absolute atomic E-state index is 0.0477. The summed E-state index contributed by atoms with van der Waals surface area (Å²) in [5.74, 6) is -0.0963. The molecule has 1 aliphatic rings. The van der Waals surface area contributed by atoms with Crippen LogP contribution in [-0.2, 0) is 0 Å². The van der Waals surface area contributed by atoms with Crippen molar-refractivity contribution < 1.29 is 24.2 Å². The maximum atomic E-state index is 13.5. The fourth-order valence-corrected chi connectivity index (χ4v) is 4.04. The van der Waals surface area contributed by atoms with Crippen LogP contribution < -0.4 is 20.7 Å². The lowest BCUT2D eigenvalue weighted by Crippen LogP contribution is -2.50. The van der Waals surface area contributed by atoms with Crippen molar-refractivity contribution in [3.8, 4) is 5.75 Å². The van der Waals surface area contributed by atoms with Crippen LogP contribution in [0.5, 0.6) is 5.75 Å². The van der Waals surface area contributed by atoms with E-state index in [-0.39, 0.29) is 48.6 Å². The topological polar surface area (TPSA) is 123 Å². The number of likely N-dealkylation sites (N-methyl/N-ethyl adjacent to an activating group) is 1. The van der Waals surface area contributed by atoms with Crippen LogP contribution in [0.3, 0.4) is 0 Å². The normalized spacial score (nSPS) is 18.1. The molecule has 0 unspecified atom stereocenters. The van der Waals surface area contributed by atoms with Crippen LogP contribution in [0.4, 0.5) is 21.0 Å². The van der Waals surface area contributed by atoms with Gasteiger partial charge in [0.2, 0.25) is 0 Å². The molecule has 0 saturated carbocycles. The molecule has 2 aromatic carbocycles. The SMILES string of the molecule is CC(C)NC(=O)Nc1ccc2c(c1)C(=O)N([C@@H](C)CO)C[C@@H](C)[C@H](CN(C)C(=O)Nc1ccccc1)O2. The number of aliphatic hydroxyl groups excluding tert-OH is 1. The highest BCUT2D eigenvalue weighted by Gasteiger charge is 2.34. The lowest BCUT2D eigenvalue weighted by molar-refractivity contribution is 0.0371. The van der Waals surface area contributed by atoms with E-state index in [1.165, 1.54) is 0 Å². The largest absolute Gasteiger partial charge is 0.487 e. The minimum Gasteiger partial charge on any atom is -0.487 e. The van der Waals surface area contributed by atoms with E-state index in [0.29, 0.717) is 23.7 Å². The maximum absolute atomic E-state index is 13.5. The van der Waals surface area contributed by atoms with Crippen molar-refractivity contribution in [3.05, 3.63) is 54.1 Å². The number of hydrogen-bond acceptors (Lipinski definition) is 5. The van der Waals surface area contributed by atoms with E-state index in [2.05, 4.69) is 16.0 Å². The molecule has 0 aromatic heterocycles. The number of nitrogens with zero attached hydrogens (tertiary/aromatic N) is 2. The zero-order chi connectivity index (χ0) is 27.1. The van der Waals surface area contributed by atoms with Gasteiger partial charge in [0.15, 0.2) is 0 Å². The molecule has 1 aliphatic heterocycles. The molecule has 0 spiro atoms. The molecule has 2 aromatic rings. The number of benzene rings is 2. The van der Waals surface area contributed by atoms with Crippen molar-refractivity contribution in [2.24, 2.45) is 5.92 Å². The van der Waals surface area contributed by atoms with Crippen molar-refractivity contribution in [1.82, 2.24) is 15.1 Å². The first-order valence-electron chi connectivity index (χ1n) is 12.5. The number of rotatable bonds is 7. The van der Waals surface area contributed by atoms with E-state index in [9.17, 15) is 19.5 Å². The molecule has 0 bridgehead atoms. The molecule has 0 radical (unpaired) electrons. The Labute approximate surface area is 218 Å².